The molecular weight excluding hydrogens is 346 g/mol. The van der Waals surface area contributed by atoms with Crippen molar-refractivity contribution in [1.82, 2.24) is 4.90 Å². The van der Waals surface area contributed by atoms with Gasteiger partial charge >= 0.3 is 5.97 Å². The molecular formula is C18H22ClNO5. The summed E-state index contributed by atoms with van der Waals surface area (Å²) in [6.45, 7) is 3.73. The van der Waals surface area contributed by atoms with Gasteiger partial charge in [0.1, 0.15) is 11.5 Å². The third-order valence-corrected chi connectivity index (χ3v) is 4.67. The number of amides is 1. The fraction of sp³-hybridized carbons (Fsp3) is 0.500. The first-order chi connectivity index (χ1) is 11.7. The fourth-order valence-corrected chi connectivity index (χ4v) is 3.13. The zero-order valence-electron chi connectivity index (χ0n) is 14.3. The van der Waals surface area contributed by atoms with E-state index in [-0.39, 0.29) is 44.0 Å². The summed E-state index contributed by atoms with van der Waals surface area (Å²) < 4.78 is 5.76. The molecule has 1 amide bonds. The Balaban J connectivity index is 2.04. The monoisotopic (exact) mass is 367 g/mol. The van der Waals surface area contributed by atoms with Crippen LogP contribution in [0.2, 0.25) is 5.02 Å². The van der Waals surface area contributed by atoms with Gasteiger partial charge in [-0.1, -0.05) is 18.5 Å². The number of carboxylic acids is 1. The van der Waals surface area contributed by atoms with Crippen molar-refractivity contribution < 1.29 is 24.2 Å². The number of halogens is 1. The SMILES string of the molecule is CC(=O)CC(C)C(=O)N1CCC(Oc2ccc(Cl)cc2)(C(=O)O)CC1. The number of ether oxygens (including phenoxy) is 1. The van der Waals surface area contributed by atoms with Crippen LogP contribution in [-0.4, -0.2) is 46.4 Å². The average Bonchev–Trinajstić information content (AvgIpc) is 2.56. The molecule has 1 atom stereocenters. The van der Waals surface area contributed by atoms with Crippen molar-refractivity contribution in [2.45, 2.75) is 38.7 Å². The average molecular weight is 368 g/mol. The minimum Gasteiger partial charge on any atom is -0.478 e. The second-order valence-corrected chi connectivity index (χ2v) is 6.92. The molecule has 2 rings (SSSR count). The first-order valence-electron chi connectivity index (χ1n) is 8.20. The van der Waals surface area contributed by atoms with E-state index in [2.05, 4.69) is 0 Å². The van der Waals surface area contributed by atoms with Crippen molar-refractivity contribution in [2.75, 3.05) is 13.1 Å². The zero-order valence-corrected chi connectivity index (χ0v) is 15.1. The quantitative estimate of drug-likeness (QED) is 0.835. The number of likely N-dealkylation sites (tertiary alicyclic amines) is 1. The third-order valence-electron chi connectivity index (χ3n) is 4.41. The molecule has 0 bridgehead atoms. The minimum absolute atomic E-state index is 0.0381. The van der Waals surface area contributed by atoms with Crippen molar-refractivity contribution in [3.05, 3.63) is 29.3 Å². The number of ketones is 1. The molecule has 1 aliphatic rings. The Bertz CT molecular complexity index is 650. The van der Waals surface area contributed by atoms with E-state index < -0.39 is 17.5 Å². The Kier molecular flexibility index (Phi) is 6.06. The maximum atomic E-state index is 12.4. The second-order valence-electron chi connectivity index (χ2n) is 6.49. The lowest BCUT2D eigenvalue weighted by atomic mass is 9.90. The summed E-state index contributed by atoms with van der Waals surface area (Å²) in [6, 6.07) is 6.52. The lowest BCUT2D eigenvalue weighted by molar-refractivity contribution is -0.162. The molecule has 6 nitrogen and oxygen atoms in total. The smallest absolute Gasteiger partial charge is 0.348 e. The Hall–Kier alpha value is -2.08. The van der Waals surface area contributed by atoms with Gasteiger partial charge in [-0.15, -0.1) is 0 Å². The van der Waals surface area contributed by atoms with Crippen LogP contribution in [0, 0.1) is 5.92 Å². The van der Waals surface area contributed by atoms with Gasteiger partial charge in [0.2, 0.25) is 11.5 Å². The number of aliphatic carboxylic acids is 1. The van der Waals surface area contributed by atoms with E-state index in [9.17, 15) is 19.5 Å². The first-order valence-corrected chi connectivity index (χ1v) is 8.57. The van der Waals surface area contributed by atoms with Crippen molar-refractivity contribution in [3.63, 3.8) is 0 Å². The summed E-state index contributed by atoms with van der Waals surface area (Å²) in [5, 5.41) is 10.2. The second kappa shape index (κ2) is 7.87. The summed E-state index contributed by atoms with van der Waals surface area (Å²) in [4.78, 5) is 37.0. The molecule has 1 aromatic carbocycles. The van der Waals surface area contributed by atoms with Gasteiger partial charge in [-0.2, -0.15) is 0 Å². The van der Waals surface area contributed by atoms with Gasteiger partial charge in [-0.05, 0) is 31.2 Å². The van der Waals surface area contributed by atoms with Crippen molar-refractivity contribution in [3.8, 4) is 5.75 Å². The van der Waals surface area contributed by atoms with Gasteiger partial charge in [0.15, 0.2) is 0 Å². The lowest BCUT2D eigenvalue weighted by Gasteiger charge is -2.39. The van der Waals surface area contributed by atoms with Gasteiger partial charge < -0.3 is 19.5 Å². The van der Waals surface area contributed by atoms with Gasteiger partial charge in [0.05, 0.1) is 0 Å². The molecule has 1 N–H and O–H groups in total. The highest BCUT2D eigenvalue weighted by Crippen LogP contribution is 2.30. The number of carbonyl (C=O) groups is 3. The van der Waals surface area contributed by atoms with E-state index in [1.165, 1.54) is 6.92 Å². The summed E-state index contributed by atoms with van der Waals surface area (Å²) in [5.41, 5.74) is -1.37. The number of piperidine rings is 1. The molecule has 0 spiro atoms. The molecule has 25 heavy (non-hydrogen) atoms. The zero-order chi connectivity index (χ0) is 18.6. The number of carboxylic acid groups (broad SMARTS) is 1. The van der Waals surface area contributed by atoms with Gasteiger partial charge in [0, 0.05) is 43.3 Å². The van der Waals surface area contributed by atoms with E-state index >= 15 is 0 Å². The van der Waals surface area contributed by atoms with Crippen LogP contribution in [0.15, 0.2) is 24.3 Å². The number of nitrogens with zero attached hydrogens (tertiary/aromatic N) is 1. The molecule has 0 aromatic heterocycles. The van der Waals surface area contributed by atoms with Crippen LogP contribution in [0.3, 0.4) is 0 Å². The van der Waals surface area contributed by atoms with Crippen LogP contribution in [-0.2, 0) is 14.4 Å². The first kappa shape index (κ1) is 19.2. The van der Waals surface area contributed by atoms with E-state index in [1.54, 1.807) is 36.1 Å². The van der Waals surface area contributed by atoms with E-state index in [0.29, 0.717) is 10.8 Å². The maximum absolute atomic E-state index is 12.4. The third kappa shape index (κ3) is 4.72. The van der Waals surface area contributed by atoms with Crippen molar-refractivity contribution >= 4 is 29.3 Å². The summed E-state index contributed by atoms with van der Waals surface area (Å²) in [5.74, 6) is -1.18. The Labute approximate surface area is 151 Å². The number of carbonyl (C=O) groups excluding carboxylic acids is 2. The maximum Gasteiger partial charge on any atom is 0.348 e. The van der Waals surface area contributed by atoms with Crippen LogP contribution in [0.5, 0.6) is 5.75 Å². The van der Waals surface area contributed by atoms with Crippen molar-refractivity contribution in [1.29, 1.82) is 0 Å². The highest BCUT2D eigenvalue weighted by Gasteiger charge is 2.45. The van der Waals surface area contributed by atoms with E-state index in [1.807, 2.05) is 0 Å². The molecule has 1 aromatic rings. The van der Waals surface area contributed by atoms with E-state index in [4.69, 9.17) is 16.3 Å². The Morgan fingerprint density at radius 1 is 1.24 bits per heavy atom. The number of hydrogen-bond donors (Lipinski definition) is 1. The number of rotatable bonds is 6. The molecule has 1 unspecified atom stereocenters. The number of hydrogen-bond acceptors (Lipinski definition) is 4. The fourth-order valence-electron chi connectivity index (χ4n) is 3.01. The van der Waals surface area contributed by atoms with Crippen LogP contribution in [0.25, 0.3) is 0 Å². The molecule has 0 aliphatic carbocycles. The highest BCUT2D eigenvalue weighted by atomic mass is 35.5. The minimum atomic E-state index is -1.37. The van der Waals surface area contributed by atoms with Gasteiger partial charge in [-0.3, -0.25) is 4.79 Å². The molecule has 136 valence electrons. The standard InChI is InChI=1S/C18H22ClNO5/c1-12(11-13(2)21)16(22)20-9-7-18(8-10-20,17(23)24)25-15-5-3-14(19)4-6-15/h3-6,12H,7-11H2,1-2H3,(H,23,24). The van der Waals surface area contributed by atoms with Crippen LogP contribution in [0.4, 0.5) is 0 Å². The molecule has 1 fully saturated rings. The van der Waals surface area contributed by atoms with Crippen LogP contribution < -0.4 is 4.74 Å². The van der Waals surface area contributed by atoms with Crippen LogP contribution >= 0.6 is 11.6 Å². The summed E-state index contributed by atoms with van der Waals surface area (Å²) >= 11 is 5.83. The normalized spacial score (nSPS) is 17.6. The highest BCUT2D eigenvalue weighted by molar-refractivity contribution is 6.30. The van der Waals surface area contributed by atoms with Gasteiger partial charge in [-0.25, -0.2) is 4.79 Å². The summed E-state index contributed by atoms with van der Waals surface area (Å²) in [6.07, 6.45) is 0.563. The molecule has 1 saturated heterocycles. The van der Waals surface area contributed by atoms with Gasteiger partial charge in [0.25, 0.3) is 0 Å². The molecule has 0 radical (unpaired) electrons. The van der Waals surface area contributed by atoms with Crippen molar-refractivity contribution in [2.24, 2.45) is 5.92 Å². The number of Topliss-reactive ketones (excluding diaryl/α,β-unsaturated/α-hetero) is 1. The predicted molar refractivity (Wildman–Crippen MR) is 92.7 cm³/mol. The topological polar surface area (TPSA) is 83.9 Å². The largest absolute Gasteiger partial charge is 0.478 e. The lowest BCUT2D eigenvalue weighted by Crippen LogP contribution is -2.55. The molecule has 1 aliphatic heterocycles. The molecule has 7 heteroatoms. The van der Waals surface area contributed by atoms with Crippen LogP contribution in [0.1, 0.15) is 33.1 Å². The predicted octanol–water partition coefficient (Wildman–Crippen LogP) is 2.78. The molecule has 0 saturated carbocycles. The Morgan fingerprint density at radius 3 is 2.28 bits per heavy atom. The summed E-state index contributed by atoms with van der Waals surface area (Å²) in [7, 11) is 0. The van der Waals surface area contributed by atoms with E-state index in [0.717, 1.165) is 0 Å². The Morgan fingerprint density at radius 2 is 1.80 bits per heavy atom. The molecule has 1 heterocycles. The number of benzene rings is 1.